The maximum Gasteiger partial charge on any atom is 0.309 e. The van der Waals surface area contributed by atoms with Crippen LogP contribution in [0.1, 0.15) is 42.9 Å². The first-order valence-electron chi connectivity index (χ1n) is 11.3. The summed E-state index contributed by atoms with van der Waals surface area (Å²) in [4.78, 5) is 27.0. The summed E-state index contributed by atoms with van der Waals surface area (Å²) in [6.45, 7) is 3.80. The largest absolute Gasteiger partial charge is 0.497 e. The van der Waals surface area contributed by atoms with E-state index in [9.17, 15) is 14.7 Å². The quantitative estimate of drug-likeness (QED) is 0.601. The van der Waals surface area contributed by atoms with Gasteiger partial charge in [0.05, 0.1) is 13.0 Å². The first kappa shape index (κ1) is 22.9. The molecule has 0 saturated carbocycles. The fourth-order valence-corrected chi connectivity index (χ4v) is 4.74. The summed E-state index contributed by atoms with van der Waals surface area (Å²) in [5, 5.41) is 13.2. The highest BCUT2D eigenvalue weighted by Crippen LogP contribution is 2.47. The molecule has 2 aliphatic rings. The van der Waals surface area contributed by atoms with Gasteiger partial charge < -0.3 is 24.6 Å². The Morgan fingerprint density at radius 1 is 1.12 bits per heavy atom. The maximum absolute atomic E-state index is 12.6. The topological polar surface area (TPSA) is 97.3 Å². The van der Waals surface area contributed by atoms with Gasteiger partial charge in [0.2, 0.25) is 12.7 Å². The third-order valence-corrected chi connectivity index (χ3v) is 6.36. The summed E-state index contributed by atoms with van der Waals surface area (Å²) >= 11 is 0. The number of carbonyl (C=O) groups is 2. The average Bonchev–Trinajstić information content (AvgIpc) is 3.45. The van der Waals surface area contributed by atoms with Crippen molar-refractivity contribution in [3.63, 3.8) is 0 Å². The molecule has 176 valence electrons. The van der Waals surface area contributed by atoms with Gasteiger partial charge in [-0.25, -0.2) is 0 Å². The second kappa shape index (κ2) is 10.1. The standard InChI is InChI=1S/C25H30N2O6/c1-3-11-26-22(28)10-12-27-14-19(17-6-9-20-21(13-17)33-15-32-20)23(25(29)30)24(27)16-4-7-18(31-2)8-5-16/h4-9,13,19,23-24H,3,10-12,14-15H2,1-2H3,(H,26,28)(H,29,30)/t19?,23-,24+/m0/s1. The summed E-state index contributed by atoms with van der Waals surface area (Å²) in [6.07, 6.45) is 1.18. The lowest BCUT2D eigenvalue weighted by molar-refractivity contribution is -0.143. The van der Waals surface area contributed by atoms with Gasteiger partial charge in [0.1, 0.15) is 5.75 Å². The lowest BCUT2D eigenvalue weighted by atomic mass is 9.82. The molecule has 1 amide bonds. The van der Waals surface area contributed by atoms with E-state index in [2.05, 4.69) is 10.2 Å². The molecule has 1 saturated heterocycles. The van der Waals surface area contributed by atoms with Crippen LogP contribution in [0.3, 0.4) is 0 Å². The van der Waals surface area contributed by atoms with Gasteiger partial charge in [-0.2, -0.15) is 0 Å². The van der Waals surface area contributed by atoms with Crippen LogP contribution >= 0.6 is 0 Å². The number of carbonyl (C=O) groups excluding carboxylic acids is 1. The molecule has 2 N–H and O–H groups in total. The van der Waals surface area contributed by atoms with E-state index >= 15 is 0 Å². The van der Waals surface area contributed by atoms with Gasteiger partial charge in [-0.3, -0.25) is 14.5 Å². The molecule has 33 heavy (non-hydrogen) atoms. The SMILES string of the molecule is CCCNC(=O)CCN1CC(c2ccc3c(c2)OCO3)[C@H](C(=O)O)[C@H]1c1ccc(OC)cc1. The van der Waals surface area contributed by atoms with Crippen molar-refractivity contribution in [2.45, 2.75) is 31.7 Å². The van der Waals surface area contributed by atoms with E-state index in [1.54, 1.807) is 7.11 Å². The first-order valence-corrected chi connectivity index (χ1v) is 11.3. The van der Waals surface area contributed by atoms with Crippen LogP contribution in [0.2, 0.25) is 0 Å². The zero-order chi connectivity index (χ0) is 23.4. The number of hydrogen-bond donors (Lipinski definition) is 2. The van der Waals surface area contributed by atoms with Gasteiger partial charge in [-0.05, 0) is 41.8 Å². The van der Waals surface area contributed by atoms with Gasteiger partial charge in [-0.1, -0.05) is 25.1 Å². The molecule has 0 aromatic heterocycles. The predicted molar refractivity (Wildman–Crippen MR) is 122 cm³/mol. The van der Waals surface area contributed by atoms with Crippen molar-refractivity contribution < 1.29 is 28.9 Å². The molecule has 2 aromatic rings. The van der Waals surface area contributed by atoms with Crippen LogP contribution in [-0.2, 0) is 9.59 Å². The fraction of sp³-hybridized carbons (Fsp3) is 0.440. The molecule has 4 rings (SSSR count). The van der Waals surface area contributed by atoms with Crippen LogP contribution in [0, 0.1) is 5.92 Å². The van der Waals surface area contributed by atoms with Gasteiger partial charge in [0, 0.05) is 38.0 Å². The Kier molecular flexibility index (Phi) is 7.03. The maximum atomic E-state index is 12.6. The zero-order valence-corrected chi connectivity index (χ0v) is 19.0. The number of likely N-dealkylation sites (tertiary alicyclic amines) is 1. The van der Waals surface area contributed by atoms with Gasteiger partial charge in [0.25, 0.3) is 0 Å². The third kappa shape index (κ3) is 4.90. The highest BCUT2D eigenvalue weighted by atomic mass is 16.7. The molecule has 0 spiro atoms. The number of hydrogen-bond acceptors (Lipinski definition) is 6. The van der Waals surface area contributed by atoms with Crippen LogP contribution in [0.25, 0.3) is 0 Å². The highest BCUT2D eigenvalue weighted by Gasteiger charge is 2.47. The van der Waals surface area contributed by atoms with Crippen LogP contribution < -0.4 is 19.5 Å². The van der Waals surface area contributed by atoms with Crippen molar-refractivity contribution in [3.05, 3.63) is 53.6 Å². The van der Waals surface area contributed by atoms with Crippen LogP contribution in [0.15, 0.2) is 42.5 Å². The summed E-state index contributed by atoms with van der Waals surface area (Å²) in [7, 11) is 1.60. The molecule has 0 radical (unpaired) electrons. The molecule has 3 atom stereocenters. The number of ether oxygens (including phenoxy) is 3. The number of fused-ring (bicyclic) bond motifs is 1. The van der Waals surface area contributed by atoms with Gasteiger partial charge in [-0.15, -0.1) is 0 Å². The smallest absolute Gasteiger partial charge is 0.309 e. The minimum Gasteiger partial charge on any atom is -0.497 e. The van der Waals surface area contributed by atoms with Crippen LogP contribution in [0.5, 0.6) is 17.2 Å². The lowest BCUT2D eigenvalue weighted by Gasteiger charge is -2.27. The van der Waals surface area contributed by atoms with E-state index in [4.69, 9.17) is 14.2 Å². The van der Waals surface area contributed by atoms with Crippen molar-refractivity contribution in [2.75, 3.05) is 33.5 Å². The zero-order valence-electron chi connectivity index (χ0n) is 19.0. The molecule has 8 heteroatoms. The van der Waals surface area contributed by atoms with E-state index in [1.165, 1.54) is 0 Å². The van der Waals surface area contributed by atoms with Crippen molar-refractivity contribution in [2.24, 2.45) is 5.92 Å². The summed E-state index contributed by atoms with van der Waals surface area (Å²) < 4.78 is 16.2. The Labute approximate surface area is 193 Å². The molecular weight excluding hydrogens is 424 g/mol. The minimum absolute atomic E-state index is 0.0243. The van der Waals surface area contributed by atoms with E-state index in [-0.39, 0.29) is 24.7 Å². The number of methoxy groups -OCH3 is 1. The molecule has 1 fully saturated rings. The molecule has 1 unspecified atom stereocenters. The Morgan fingerprint density at radius 2 is 1.85 bits per heavy atom. The summed E-state index contributed by atoms with van der Waals surface area (Å²) in [6, 6.07) is 12.8. The summed E-state index contributed by atoms with van der Waals surface area (Å²) in [5.41, 5.74) is 1.78. The molecule has 8 nitrogen and oxygen atoms in total. The monoisotopic (exact) mass is 454 g/mol. The van der Waals surface area contributed by atoms with Crippen LogP contribution in [-0.4, -0.2) is 55.4 Å². The van der Waals surface area contributed by atoms with Gasteiger partial charge >= 0.3 is 5.97 Å². The molecular formula is C25H30N2O6. The normalized spacial score (nSPS) is 21.7. The number of nitrogens with one attached hydrogen (secondary N) is 1. The lowest BCUT2D eigenvalue weighted by Crippen LogP contribution is -2.33. The van der Waals surface area contributed by atoms with E-state index in [0.29, 0.717) is 43.3 Å². The second-order valence-corrected chi connectivity index (χ2v) is 8.40. The number of aliphatic carboxylic acids is 1. The van der Waals surface area contributed by atoms with Gasteiger partial charge in [0.15, 0.2) is 11.5 Å². The van der Waals surface area contributed by atoms with E-state index in [1.807, 2.05) is 49.4 Å². The Bertz CT molecular complexity index is 993. The van der Waals surface area contributed by atoms with Crippen molar-refractivity contribution >= 4 is 11.9 Å². The van der Waals surface area contributed by atoms with Crippen molar-refractivity contribution in [1.29, 1.82) is 0 Å². The molecule has 2 aromatic carbocycles. The van der Waals surface area contributed by atoms with Crippen molar-refractivity contribution in [3.8, 4) is 17.2 Å². The Hall–Kier alpha value is -3.26. The van der Waals surface area contributed by atoms with E-state index < -0.39 is 11.9 Å². The molecule has 0 bridgehead atoms. The predicted octanol–water partition coefficient (Wildman–Crippen LogP) is 3.18. The highest BCUT2D eigenvalue weighted by molar-refractivity contribution is 5.76. The number of nitrogens with zero attached hydrogens (tertiary/aromatic N) is 1. The Morgan fingerprint density at radius 3 is 2.55 bits per heavy atom. The summed E-state index contributed by atoms with van der Waals surface area (Å²) in [5.74, 6) is 0.177. The number of carboxylic acids is 1. The fourth-order valence-electron chi connectivity index (χ4n) is 4.74. The Balaban J connectivity index is 1.65. The second-order valence-electron chi connectivity index (χ2n) is 8.40. The molecule has 0 aliphatic carbocycles. The first-order chi connectivity index (χ1) is 16.0. The van der Waals surface area contributed by atoms with Crippen molar-refractivity contribution in [1.82, 2.24) is 10.2 Å². The molecule has 2 aliphatic heterocycles. The number of rotatable bonds is 9. The van der Waals surface area contributed by atoms with Crippen LogP contribution in [0.4, 0.5) is 0 Å². The number of carboxylic acid groups (broad SMARTS) is 1. The third-order valence-electron chi connectivity index (χ3n) is 6.36. The minimum atomic E-state index is -0.864. The average molecular weight is 455 g/mol. The molecule has 2 heterocycles. The van der Waals surface area contributed by atoms with E-state index in [0.717, 1.165) is 17.5 Å². The number of benzene rings is 2. The number of amides is 1.